The third-order valence-electron chi connectivity index (χ3n) is 4.11. The molecule has 1 N–H and O–H groups in total. The highest BCUT2D eigenvalue weighted by molar-refractivity contribution is 4.85. The number of hydrogen-bond acceptors (Lipinski definition) is 3. The Labute approximate surface area is 105 Å². The number of nitrogens with one attached hydrogen (secondary N) is 1. The lowest BCUT2D eigenvalue weighted by atomic mass is 9.94. The first-order valence-electron chi connectivity index (χ1n) is 7.25. The fraction of sp³-hybridized carbons (Fsp3) is 1.00. The van der Waals surface area contributed by atoms with E-state index in [0.717, 1.165) is 19.8 Å². The second-order valence-electron chi connectivity index (χ2n) is 5.57. The van der Waals surface area contributed by atoms with Crippen LogP contribution in [0.2, 0.25) is 0 Å². The Balaban J connectivity index is 1.84. The summed E-state index contributed by atoms with van der Waals surface area (Å²) in [4.78, 5) is 0. The minimum Gasteiger partial charge on any atom is -0.376 e. The number of rotatable bonds is 5. The molecular weight excluding hydrogens is 214 g/mol. The Morgan fingerprint density at radius 3 is 2.53 bits per heavy atom. The van der Waals surface area contributed by atoms with E-state index in [1.54, 1.807) is 0 Å². The summed E-state index contributed by atoms with van der Waals surface area (Å²) in [5, 5.41) is 3.32. The minimum absolute atomic E-state index is 0.0806. The molecule has 3 heteroatoms. The summed E-state index contributed by atoms with van der Waals surface area (Å²) in [5.74, 6) is 0. The molecule has 0 aromatic heterocycles. The van der Waals surface area contributed by atoms with E-state index in [4.69, 9.17) is 9.47 Å². The van der Waals surface area contributed by atoms with Crippen LogP contribution in [0.5, 0.6) is 0 Å². The third-order valence-corrected chi connectivity index (χ3v) is 4.11. The highest BCUT2D eigenvalue weighted by Gasteiger charge is 2.32. The van der Waals surface area contributed by atoms with Crippen LogP contribution >= 0.6 is 0 Å². The standard InChI is InChI=1S/C14H27NO2/c1-15-12-14(8-4-2-3-5-9-14)17-11-13-7-6-10-16-13/h13,15H,2-12H2,1H3. The highest BCUT2D eigenvalue weighted by atomic mass is 16.5. The van der Waals surface area contributed by atoms with Crippen LogP contribution < -0.4 is 5.32 Å². The second-order valence-corrected chi connectivity index (χ2v) is 5.57. The zero-order valence-corrected chi connectivity index (χ0v) is 11.2. The van der Waals surface area contributed by atoms with Crippen LogP contribution in [0.4, 0.5) is 0 Å². The summed E-state index contributed by atoms with van der Waals surface area (Å²) in [6, 6.07) is 0. The third kappa shape index (κ3) is 3.94. The van der Waals surface area contributed by atoms with Crippen LogP contribution in [-0.2, 0) is 9.47 Å². The fourth-order valence-corrected chi connectivity index (χ4v) is 3.11. The summed E-state index contributed by atoms with van der Waals surface area (Å²) in [5.41, 5.74) is 0.0806. The van der Waals surface area contributed by atoms with E-state index in [-0.39, 0.29) is 5.60 Å². The molecule has 0 bridgehead atoms. The van der Waals surface area contributed by atoms with E-state index in [0.29, 0.717) is 6.10 Å². The molecule has 0 amide bonds. The van der Waals surface area contributed by atoms with E-state index in [2.05, 4.69) is 5.32 Å². The molecule has 100 valence electrons. The summed E-state index contributed by atoms with van der Waals surface area (Å²) >= 11 is 0. The SMILES string of the molecule is CNCC1(OCC2CCCO2)CCCCCC1. The average Bonchev–Trinajstić information content (AvgIpc) is 2.75. The topological polar surface area (TPSA) is 30.5 Å². The van der Waals surface area contributed by atoms with Crippen molar-refractivity contribution in [1.29, 1.82) is 0 Å². The lowest BCUT2D eigenvalue weighted by Gasteiger charge is -2.34. The van der Waals surface area contributed by atoms with Crippen molar-refractivity contribution in [2.75, 3.05) is 26.8 Å². The molecule has 1 aliphatic heterocycles. The van der Waals surface area contributed by atoms with Crippen molar-refractivity contribution in [3.05, 3.63) is 0 Å². The molecule has 0 spiro atoms. The fourth-order valence-electron chi connectivity index (χ4n) is 3.11. The molecule has 2 aliphatic rings. The van der Waals surface area contributed by atoms with E-state index in [9.17, 15) is 0 Å². The van der Waals surface area contributed by atoms with Gasteiger partial charge < -0.3 is 14.8 Å². The molecule has 1 saturated carbocycles. The number of ether oxygens (including phenoxy) is 2. The van der Waals surface area contributed by atoms with E-state index >= 15 is 0 Å². The van der Waals surface area contributed by atoms with E-state index in [1.165, 1.54) is 51.4 Å². The molecule has 1 aliphatic carbocycles. The van der Waals surface area contributed by atoms with Gasteiger partial charge in [0.05, 0.1) is 18.3 Å². The molecule has 0 aromatic rings. The van der Waals surface area contributed by atoms with Gasteiger partial charge in [-0.05, 0) is 32.7 Å². The van der Waals surface area contributed by atoms with Crippen LogP contribution in [0, 0.1) is 0 Å². The van der Waals surface area contributed by atoms with Gasteiger partial charge in [0.15, 0.2) is 0 Å². The summed E-state index contributed by atoms with van der Waals surface area (Å²) in [6.45, 7) is 2.70. The van der Waals surface area contributed by atoms with E-state index in [1.807, 2.05) is 7.05 Å². The van der Waals surface area contributed by atoms with Crippen molar-refractivity contribution in [2.24, 2.45) is 0 Å². The lowest BCUT2D eigenvalue weighted by Crippen LogP contribution is -2.43. The highest BCUT2D eigenvalue weighted by Crippen LogP contribution is 2.31. The quantitative estimate of drug-likeness (QED) is 0.750. The van der Waals surface area contributed by atoms with Gasteiger partial charge in [-0.15, -0.1) is 0 Å². The molecule has 2 fully saturated rings. The molecular formula is C14H27NO2. The Morgan fingerprint density at radius 1 is 1.18 bits per heavy atom. The lowest BCUT2D eigenvalue weighted by molar-refractivity contribution is -0.0898. The first-order valence-corrected chi connectivity index (χ1v) is 7.25. The normalized spacial score (nSPS) is 29.1. The van der Waals surface area contributed by atoms with Crippen LogP contribution in [-0.4, -0.2) is 38.5 Å². The van der Waals surface area contributed by atoms with Crippen molar-refractivity contribution in [3.8, 4) is 0 Å². The Hall–Kier alpha value is -0.120. The van der Waals surface area contributed by atoms with Crippen LogP contribution in [0.1, 0.15) is 51.4 Å². The first-order chi connectivity index (χ1) is 8.35. The van der Waals surface area contributed by atoms with E-state index < -0.39 is 0 Å². The van der Waals surface area contributed by atoms with Crippen molar-refractivity contribution in [1.82, 2.24) is 5.32 Å². The largest absolute Gasteiger partial charge is 0.376 e. The van der Waals surface area contributed by atoms with Crippen LogP contribution in [0.25, 0.3) is 0 Å². The first kappa shape index (κ1) is 13.3. The molecule has 17 heavy (non-hydrogen) atoms. The Bertz CT molecular complexity index is 206. The molecule has 0 aromatic carbocycles. The predicted octanol–water partition coefficient (Wildman–Crippen LogP) is 2.49. The minimum atomic E-state index is 0.0806. The molecule has 0 radical (unpaired) electrons. The van der Waals surface area contributed by atoms with Crippen LogP contribution in [0.3, 0.4) is 0 Å². The summed E-state index contributed by atoms with van der Waals surface area (Å²) in [6.07, 6.45) is 10.5. The van der Waals surface area contributed by atoms with Gasteiger partial charge in [0.1, 0.15) is 0 Å². The van der Waals surface area contributed by atoms with Gasteiger partial charge in [-0.2, -0.15) is 0 Å². The smallest absolute Gasteiger partial charge is 0.0809 e. The van der Waals surface area contributed by atoms with Gasteiger partial charge in [-0.3, -0.25) is 0 Å². The van der Waals surface area contributed by atoms with Crippen LogP contribution in [0.15, 0.2) is 0 Å². The molecule has 3 nitrogen and oxygen atoms in total. The van der Waals surface area contributed by atoms with Gasteiger partial charge in [-0.25, -0.2) is 0 Å². The van der Waals surface area contributed by atoms with Crippen molar-refractivity contribution >= 4 is 0 Å². The van der Waals surface area contributed by atoms with Gasteiger partial charge in [0.2, 0.25) is 0 Å². The van der Waals surface area contributed by atoms with Gasteiger partial charge in [0.25, 0.3) is 0 Å². The van der Waals surface area contributed by atoms with Crippen molar-refractivity contribution < 1.29 is 9.47 Å². The molecule has 1 saturated heterocycles. The molecule has 1 heterocycles. The zero-order chi connectivity index (χ0) is 12.0. The second kappa shape index (κ2) is 6.72. The number of likely N-dealkylation sites (N-methyl/N-ethyl adjacent to an activating group) is 1. The maximum Gasteiger partial charge on any atom is 0.0809 e. The Kier molecular flexibility index (Phi) is 5.26. The Morgan fingerprint density at radius 2 is 1.94 bits per heavy atom. The zero-order valence-electron chi connectivity index (χ0n) is 11.2. The molecule has 2 rings (SSSR count). The number of hydrogen-bond donors (Lipinski definition) is 1. The summed E-state index contributed by atoms with van der Waals surface area (Å²) < 4.78 is 11.9. The maximum atomic E-state index is 6.29. The summed E-state index contributed by atoms with van der Waals surface area (Å²) in [7, 11) is 2.03. The van der Waals surface area contributed by atoms with Gasteiger partial charge in [0, 0.05) is 13.2 Å². The average molecular weight is 241 g/mol. The van der Waals surface area contributed by atoms with Gasteiger partial charge in [-0.1, -0.05) is 25.7 Å². The molecule has 1 unspecified atom stereocenters. The van der Waals surface area contributed by atoms with Gasteiger partial charge >= 0.3 is 0 Å². The van der Waals surface area contributed by atoms with Crippen molar-refractivity contribution in [2.45, 2.75) is 63.1 Å². The monoisotopic (exact) mass is 241 g/mol. The van der Waals surface area contributed by atoms with Crippen molar-refractivity contribution in [3.63, 3.8) is 0 Å². The maximum absolute atomic E-state index is 6.29. The molecule has 1 atom stereocenters. The predicted molar refractivity (Wildman–Crippen MR) is 69.3 cm³/mol.